The van der Waals surface area contributed by atoms with Crippen LogP contribution in [0.5, 0.6) is 0 Å². The van der Waals surface area contributed by atoms with Crippen molar-refractivity contribution in [2.75, 3.05) is 11.4 Å². The van der Waals surface area contributed by atoms with Crippen molar-refractivity contribution in [1.29, 1.82) is 0 Å². The van der Waals surface area contributed by atoms with Crippen molar-refractivity contribution in [3.8, 4) is 0 Å². The van der Waals surface area contributed by atoms with Crippen LogP contribution in [0.2, 0.25) is 0 Å². The fourth-order valence-corrected chi connectivity index (χ4v) is 3.44. The summed E-state index contributed by atoms with van der Waals surface area (Å²) in [5.74, 6) is -0.603. The standard InChI is InChI=1S/C17H17NO3S/c1-11-8-10-22-15(11)17(20)21-12(2)16(19)18-9-7-13-5-3-4-6-14(13)18/h3-6,8,10,12H,7,9H2,1-2H3/t12-/m1/s1. The van der Waals surface area contributed by atoms with Crippen molar-refractivity contribution in [2.24, 2.45) is 0 Å². The molecule has 2 heterocycles. The maximum atomic E-state index is 12.6. The van der Waals surface area contributed by atoms with Gasteiger partial charge in [-0.15, -0.1) is 11.3 Å². The van der Waals surface area contributed by atoms with Crippen LogP contribution in [0.4, 0.5) is 5.69 Å². The molecule has 0 N–H and O–H groups in total. The summed E-state index contributed by atoms with van der Waals surface area (Å²) in [6, 6.07) is 9.70. The zero-order valence-electron chi connectivity index (χ0n) is 12.5. The molecule has 0 spiro atoms. The van der Waals surface area contributed by atoms with Crippen LogP contribution in [0.15, 0.2) is 35.7 Å². The lowest BCUT2D eigenvalue weighted by Gasteiger charge is -2.21. The molecular formula is C17H17NO3S. The number of hydrogen-bond acceptors (Lipinski definition) is 4. The number of carbonyl (C=O) groups excluding carboxylic acids is 2. The molecule has 114 valence electrons. The molecule has 0 bridgehead atoms. The fourth-order valence-electron chi connectivity index (χ4n) is 2.63. The average molecular weight is 315 g/mol. The normalized spacial score (nSPS) is 14.5. The Morgan fingerprint density at radius 3 is 2.77 bits per heavy atom. The van der Waals surface area contributed by atoms with Gasteiger partial charge >= 0.3 is 5.97 Å². The fraction of sp³-hybridized carbons (Fsp3) is 0.294. The van der Waals surface area contributed by atoms with Gasteiger partial charge in [0.15, 0.2) is 6.10 Å². The predicted octanol–water partition coefficient (Wildman–Crippen LogP) is 3.19. The Kier molecular flexibility index (Phi) is 3.98. The molecule has 1 aromatic carbocycles. The van der Waals surface area contributed by atoms with Crippen molar-refractivity contribution < 1.29 is 14.3 Å². The summed E-state index contributed by atoms with van der Waals surface area (Å²) in [7, 11) is 0. The highest BCUT2D eigenvalue weighted by atomic mass is 32.1. The summed E-state index contributed by atoms with van der Waals surface area (Å²) in [5.41, 5.74) is 2.95. The van der Waals surface area contributed by atoms with Gasteiger partial charge in [0.25, 0.3) is 5.91 Å². The van der Waals surface area contributed by atoms with E-state index in [2.05, 4.69) is 0 Å². The number of hydrogen-bond donors (Lipinski definition) is 0. The quantitative estimate of drug-likeness (QED) is 0.817. The highest BCUT2D eigenvalue weighted by molar-refractivity contribution is 7.12. The average Bonchev–Trinajstić information content (AvgIpc) is 3.12. The van der Waals surface area contributed by atoms with Crippen LogP contribution < -0.4 is 4.90 Å². The van der Waals surface area contributed by atoms with Gasteiger partial charge in [-0.1, -0.05) is 18.2 Å². The number of thiophene rings is 1. The van der Waals surface area contributed by atoms with Crippen LogP contribution in [0.25, 0.3) is 0 Å². The van der Waals surface area contributed by atoms with E-state index in [9.17, 15) is 9.59 Å². The molecule has 2 aromatic rings. The molecule has 0 radical (unpaired) electrons. The summed E-state index contributed by atoms with van der Waals surface area (Å²) in [6.07, 6.45) is 0.0484. The first-order chi connectivity index (χ1) is 10.6. The Hall–Kier alpha value is -2.14. The molecule has 0 saturated heterocycles. The number of para-hydroxylation sites is 1. The second kappa shape index (κ2) is 5.93. The summed E-state index contributed by atoms with van der Waals surface area (Å²) in [4.78, 5) is 26.9. The van der Waals surface area contributed by atoms with E-state index in [1.54, 1.807) is 11.8 Å². The zero-order chi connectivity index (χ0) is 15.7. The lowest BCUT2D eigenvalue weighted by molar-refractivity contribution is -0.126. The largest absolute Gasteiger partial charge is 0.448 e. The third kappa shape index (κ3) is 2.64. The van der Waals surface area contributed by atoms with E-state index in [0.29, 0.717) is 11.4 Å². The van der Waals surface area contributed by atoms with Crippen molar-refractivity contribution in [3.05, 3.63) is 51.7 Å². The van der Waals surface area contributed by atoms with Crippen molar-refractivity contribution in [2.45, 2.75) is 26.4 Å². The highest BCUT2D eigenvalue weighted by Gasteiger charge is 2.30. The van der Waals surface area contributed by atoms with E-state index in [-0.39, 0.29) is 5.91 Å². The number of fused-ring (bicyclic) bond motifs is 1. The number of carbonyl (C=O) groups is 2. The summed E-state index contributed by atoms with van der Waals surface area (Å²) in [5, 5.41) is 1.84. The number of ether oxygens (including phenoxy) is 1. The molecule has 0 aliphatic carbocycles. The van der Waals surface area contributed by atoms with Gasteiger partial charge in [-0.25, -0.2) is 4.79 Å². The Morgan fingerprint density at radius 1 is 1.27 bits per heavy atom. The van der Waals surface area contributed by atoms with E-state index in [1.807, 2.05) is 42.6 Å². The van der Waals surface area contributed by atoms with Crippen molar-refractivity contribution >= 4 is 28.9 Å². The lowest BCUT2D eigenvalue weighted by Crippen LogP contribution is -2.39. The molecular weight excluding hydrogens is 298 g/mol. The molecule has 4 nitrogen and oxygen atoms in total. The van der Waals surface area contributed by atoms with Crippen LogP contribution in [0.1, 0.15) is 27.7 Å². The third-order valence-electron chi connectivity index (χ3n) is 3.83. The number of rotatable bonds is 3. The Balaban J connectivity index is 1.71. The Morgan fingerprint density at radius 2 is 2.05 bits per heavy atom. The third-order valence-corrected chi connectivity index (χ3v) is 4.83. The first-order valence-corrected chi connectivity index (χ1v) is 8.10. The van der Waals surface area contributed by atoms with Gasteiger partial charge in [-0.3, -0.25) is 4.79 Å². The van der Waals surface area contributed by atoms with Crippen molar-refractivity contribution in [1.82, 2.24) is 0 Å². The SMILES string of the molecule is Cc1ccsc1C(=O)O[C@H](C)C(=O)N1CCc2ccccc21. The zero-order valence-corrected chi connectivity index (χ0v) is 13.4. The molecule has 1 atom stereocenters. The van der Waals surface area contributed by atoms with Gasteiger partial charge in [0.1, 0.15) is 4.88 Å². The molecule has 1 aliphatic heterocycles. The molecule has 1 aromatic heterocycles. The minimum Gasteiger partial charge on any atom is -0.448 e. The number of amides is 1. The molecule has 3 rings (SSSR count). The minimum absolute atomic E-state index is 0.174. The van der Waals surface area contributed by atoms with Crippen LogP contribution in [-0.4, -0.2) is 24.5 Å². The Labute approximate surface area is 133 Å². The van der Waals surface area contributed by atoms with E-state index in [0.717, 1.165) is 23.2 Å². The van der Waals surface area contributed by atoms with Gasteiger partial charge < -0.3 is 9.64 Å². The van der Waals surface area contributed by atoms with E-state index in [1.165, 1.54) is 11.3 Å². The number of aryl methyl sites for hydroxylation is 1. The smallest absolute Gasteiger partial charge is 0.349 e. The number of anilines is 1. The summed E-state index contributed by atoms with van der Waals surface area (Å²) >= 11 is 1.33. The van der Waals surface area contributed by atoms with Gasteiger partial charge in [0.05, 0.1) is 0 Å². The van der Waals surface area contributed by atoms with Crippen LogP contribution >= 0.6 is 11.3 Å². The lowest BCUT2D eigenvalue weighted by atomic mass is 10.2. The number of nitrogens with zero attached hydrogens (tertiary/aromatic N) is 1. The molecule has 1 aliphatic rings. The minimum atomic E-state index is -0.792. The van der Waals surface area contributed by atoms with E-state index < -0.39 is 12.1 Å². The summed E-state index contributed by atoms with van der Waals surface area (Å²) < 4.78 is 5.35. The monoisotopic (exact) mass is 315 g/mol. The van der Waals surface area contributed by atoms with Crippen molar-refractivity contribution in [3.63, 3.8) is 0 Å². The van der Waals surface area contributed by atoms with Gasteiger partial charge in [-0.2, -0.15) is 0 Å². The first-order valence-electron chi connectivity index (χ1n) is 7.22. The molecule has 0 unspecified atom stereocenters. The van der Waals surface area contributed by atoms with Gasteiger partial charge in [0, 0.05) is 12.2 Å². The molecule has 0 saturated carbocycles. The maximum absolute atomic E-state index is 12.6. The molecule has 22 heavy (non-hydrogen) atoms. The van der Waals surface area contributed by atoms with Gasteiger partial charge in [0.2, 0.25) is 0 Å². The second-order valence-electron chi connectivity index (χ2n) is 5.35. The van der Waals surface area contributed by atoms with E-state index >= 15 is 0 Å². The van der Waals surface area contributed by atoms with Crippen LogP contribution in [0.3, 0.4) is 0 Å². The molecule has 0 fully saturated rings. The second-order valence-corrected chi connectivity index (χ2v) is 6.26. The Bertz CT molecular complexity index is 722. The highest BCUT2D eigenvalue weighted by Crippen LogP contribution is 2.28. The van der Waals surface area contributed by atoms with E-state index in [4.69, 9.17) is 4.74 Å². The van der Waals surface area contributed by atoms with Crippen LogP contribution in [0, 0.1) is 6.92 Å². The maximum Gasteiger partial charge on any atom is 0.349 e. The number of esters is 1. The summed E-state index contributed by atoms with van der Waals surface area (Å²) in [6.45, 7) is 4.12. The predicted molar refractivity (Wildman–Crippen MR) is 86.4 cm³/mol. The number of benzene rings is 1. The topological polar surface area (TPSA) is 46.6 Å². The van der Waals surface area contributed by atoms with Gasteiger partial charge in [-0.05, 0) is 48.9 Å². The molecule has 1 amide bonds. The first kappa shape index (κ1) is 14.8. The van der Waals surface area contributed by atoms with Crippen LogP contribution in [-0.2, 0) is 16.0 Å². The molecule has 5 heteroatoms.